The van der Waals surface area contributed by atoms with Crippen LogP contribution in [0.15, 0.2) is 42.6 Å². The molecule has 2 rings (SSSR count). The second-order valence-electron chi connectivity index (χ2n) is 4.13. The number of amides is 2. The Morgan fingerprint density at radius 1 is 1.10 bits per heavy atom. The molecule has 1 heterocycles. The number of nitrogens with two attached hydrogens (primary N) is 1. The van der Waals surface area contributed by atoms with Crippen molar-refractivity contribution in [2.75, 3.05) is 16.4 Å². The molecule has 1 aromatic heterocycles. The summed E-state index contributed by atoms with van der Waals surface area (Å²) >= 11 is 0. The molecule has 8 heteroatoms. The highest BCUT2D eigenvalue weighted by atomic mass is 19.4. The predicted molar refractivity (Wildman–Crippen MR) is 72.7 cm³/mol. The fraction of sp³-hybridized carbons (Fsp3) is 0.0769. The lowest BCUT2D eigenvalue weighted by molar-refractivity contribution is -0.137. The molecule has 0 aliphatic carbocycles. The van der Waals surface area contributed by atoms with Gasteiger partial charge < -0.3 is 16.4 Å². The summed E-state index contributed by atoms with van der Waals surface area (Å²) < 4.78 is 37.6. The molecule has 2 amide bonds. The SMILES string of the molecule is Nc1ccc(NC(=O)Nc2cccc(C(F)(F)F)c2)cn1. The minimum atomic E-state index is -4.46. The van der Waals surface area contributed by atoms with Crippen molar-refractivity contribution in [2.45, 2.75) is 6.18 Å². The van der Waals surface area contributed by atoms with Crippen molar-refractivity contribution >= 4 is 23.2 Å². The number of aromatic nitrogens is 1. The maximum absolute atomic E-state index is 12.5. The third-order valence-corrected chi connectivity index (χ3v) is 2.49. The molecule has 2 aromatic rings. The fourth-order valence-electron chi connectivity index (χ4n) is 1.55. The van der Waals surface area contributed by atoms with Crippen molar-refractivity contribution in [3.05, 3.63) is 48.2 Å². The molecule has 0 saturated heterocycles. The summed E-state index contributed by atoms with van der Waals surface area (Å²) in [5, 5.41) is 4.73. The molecule has 4 N–H and O–H groups in total. The first-order valence-electron chi connectivity index (χ1n) is 5.81. The number of nitrogens with zero attached hydrogens (tertiary/aromatic N) is 1. The van der Waals surface area contributed by atoms with Crippen LogP contribution in [-0.4, -0.2) is 11.0 Å². The molecule has 21 heavy (non-hydrogen) atoms. The lowest BCUT2D eigenvalue weighted by atomic mass is 10.2. The average molecular weight is 296 g/mol. The zero-order valence-corrected chi connectivity index (χ0v) is 10.6. The van der Waals surface area contributed by atoms with Gasteiger partial charge in [-0.15, -0.1) is 0 Å². The van der Waals surface area contributed by atoms with Gasteiger partial charge in [-0.2, -0.15) is 13.2 Å². The summed E-state index contributed by atoms with van der Waals surface area (Å²) in [6, 6.07) is 6.67. The number of urea groups is 1. The van der Waals surface area contributed by atoms with E-state index < -0.39 is 17.8 Å². The first-order chi connectivity index (χ1) is 9.84. The Balaban J connectivity index is 2.04. The summed E-state index contributed by atoms with van der Waals surface area (Å²) in [6.45, 7) is 0. The van der Waals surface area contributed by atoms with E-state index >= 15 is 0 Å². The zero-order chi connectivity index (χ0) is 15.5. The molecule has 0 radical (unpaired) electrons. The van der Waals surface area contributed by atoms with Gasteiger partial charge in [-0.3, -0.25) is 0 Å². The number of anilines is 3. The van der Waals surface area contributed by atoms with Crippen molar-refractivity contribution in [3.63, 3.8) is 0 Å². The maximum atomic E-state index is 12.5. The van der Waals surface area contributed by atoms with Crippen LogP contribution in [-0.2, 0) is 6.18 Å². The average Bonchev–Trinajstić information content (AvgIpc) is 2.41. The molecule has 1 aromatic carbocycles. The molecule has 0 aliphatic heterocycles. The Hall–Kier alpha value is -2.77. The molecule has 0 saturated carbocycles. The minimum absolute atomic E-state index is 0.0331. The fourth-order valence-corrected chi connectivity index (χ4v) is 1.55. The van der Waals surface area contributed by atoms with Gasteiger partial charge in [-0.25, -0.2) is 9.78 Å². The van der Waals surface area contributed by atoms with E-state index in [4.69, 9.17) is 5.73 Å². The third-order valence-electron chi connectivity index (χ3n) is 2.49. The molecular formula is C13H11F3N4O. The number of carbonyl (C=O) groups is 1. The van der Waals surface area contributed by atoms with E-state index in [1.165, 1.54) is 30.5 Å². The topological polar surface area (TPSA) is 80.0 Å². The Labute approximate surface area is 118 Å². The van der Waals surface area contributed by atoms with Crippen molar-refractivity contribution < 1.29 is 18.0 Å². The minimum Gasteiger partial charge on any atom is -0.384 e. The molecule has 0 atom stereocenters. The second-order valence-corrected chi connectivity index (χ2v) is 4.13. The summed E-state index contributed by atoms with van der Waals surface area (Å²) in [6.07, 6.45) is -3.13. The predicted octanol–water partition coefficient (Wildman–Crippen LogP) is 3.33. The highest BCUT2D eigenvalue weighted by Gasteiger charge is 2.30. The molecule has 0 fully saturated rings. The highest BCUT2D eigenvalue weighted by Crippen LogP contribution is 2.30. The molecule has 0 spiro atoms. The van der Waals surface area contributed by atoms with E-state index in [1.54, 1.807) is 0 Å². The van der Waals surface area contributed by atoms with E-state index in [2.05, 4.69) is 15.6 Å². The molecular weight excluding hydrogens is 285 g/mol. The number of pyridine rings is 1. The standard InChI is InChI=1S/C13H11F3N4O/c14-13(15,16)8-2-1-3-9(6-8)19-12(21)20-10-4-5-11(17)18-7-10/h1-7H,(H2,17,18)(H2,19,20,21). The van der Waals surface area contributed by atoms with Gasteiger partial charge in [0.15, 0.2) is 0 Å². The molecule has 0 aliphatic rings. The number of halogens is 3. The van der Waals surface area contributed by atoms with Crippen LogP contribution in [0, 0.1) is 0 Å². The molecule has 110 valence electrons. The van der Waals surface area contributed by atoms with Gasteiger partial charge in [0.2, 0.25) is 0 Å². The Bertz CT molecular complexity index is 641. The van der Waals surface area contributed by atoms with Crippen LogP contribution in [0.3, 0.4) is 0 Å². The number of hydrogen-bond acceptors (Lipinski definition) is 3. The summed E-state index contributed by atoms with van der Waals surface area (Å²) in [5.41, 5.74) is 4.96. The lowest BCUT2D eigenvalue weighted by Gasteiger charge is -2.10. The summed E-state index contributed by atoms with van der Waals surface area (Å²) in [5.74, 6) is 0.291. The molecule has 0 unspecified atom stereocenters. The van der Waals surface area contributed by atoms with Crippen LogP contribution in [0.1, 0.15) is 5.56 Å². The number of carbonyl (C=O) groups excluding carboxylic acids is 1. The summed E-state index contributed by atoms with van der Waals surface area (Å²) in [7, 11) is 0. The van der Waals surface area contributed by atoms with Crippen molar-refractivity contribution in [2.24, 2.45) is 0 Å². The number of benzene rings is 1. The van der Waals surface area contributed by atoms with Gasteiger partial charge in [-0.05, 0) is 30.3 Å². The van der Waals surface area contributed by atoms with Crippen LogP contribution in [0.4, 0.5) is 35.2 Å². The van der Waals surface area contributed by atoms with E-state index in [-0.39, 0.29) is 5.69 Å². The lowest BCUT2D eigenvalue weighted by Crippen LogP contribution is -2.20. The van der Waals surface area contributed by atoms with Crippen molar-refractivity contribution in [3.8, 4) is 0 Å². The first kappa shape index (κ1) is 14.6. The van der Waals surface area contributed by atoms with Crippen LogP contribution in [0.5, 0.6) is 0 Å². The zero-order valence-electron chi connectivity index (χ0n) is 10.6. The van der Waals surface area contributed by atoms with Crippen LogP contribution >= 0.6 is 0 Å². The number of hydrogen-bond donors (Lipinski definition) is 3. The third kappa shape index (κ3) is 4.10. The van der Waals surface area contributed by atoms with E-state index in [9.17, 15) is 18.0 Å². The van der Waals surface area contributed by atoms with E-state index in [0.29, 0.717) is 11.5 Å². The number of alkyl halides is 3. The molecule has 0 bridgehead atoms. The van der Waals surface area contributed by atoms with Crippen molar-refractivity contribution in [1.29, 1.82) is 0 Å². The van der Waals surface area contributed by atoms with Crippen LogP contribution in [0.2, 0.25) is 0 Å². The van der Waals surface area contributed by atoms with Gasteiger partial charge in [-0.1, -0.05) is 6.07 Å². The second kappa shape index (κ2) is 5.70. The largest absolute Gasteiger partial charge is 0.416 e. The Morgan fingerprint density at radius 2 is 1.81 bits per heavy atom. The normalized spacial score (nSPS) is 11.0. The van der Waals surface area contributed by atoms with Gasteiger partial charge in [0.1, 0.15) is 5.82 Å². The van der Waals surface area contributed by atoms with Crippen molar-refractivity contribution in [1.82, 2.24) is 4.98 Å². The number of nitrogen functional groups attached to an aromatic ring is 1. The van der Waals surface area contributed by atoms with E-state index in [0.717, 1.165) is 12.1 Å². The Kier molecular flexibility index (Phi) is 3.97. The van der Waals surface area contributed by atoms with E-state index in [1.807, 2.05) is 0 Å². The van der Waals surface area contributed by atoms with Gasteiger partial charge in [0.25, 0.3) is 0 Å². The first-order valence-corrected chi connectivity index (χ1v) is 5.81. The summed E-state index contributed by atoms with van der Waals surface area (Å²) in [4.78, 5) is 15.4. The molecule has 5 nitrogen and oxygen atoms in total. The van der Waals surface area contributed by atoms with Gasteiger partial charge in [0.05, 0.1) is 17.4 Å². The van der Waals surface area contributed by atoms with Crippen LogP contribution < -0.4 is 16.4 Å². The number of rotatable bonds is 2. The van der Waals surface area contributed by atoms with Gasteiger partial charge >= 0.3 is 12.2 Å². The highest BCUT2D eigenvalue weighted by molar-refractivity contribution is 5.99. The maximum Gasteiger partial charge on any atom is 0.416 e. The number of nitrogens with one attached hydrogen (secondary N) is 2. The monoisotopic (exact) mass is 296 g/mol. The van der Waals surface area contributed by atoms with Crippen LogP contribution in [0.25, 0.3) is 0 Å². The quantitative estimate of drug-likeness (QED) is 0.795. The van der Waals surface area contributed by atoms with Gasteiger partial charge in [0, 0.05) is 5.69 Å². The smallest absolute Gasteiger partial charge is 0.384 e. The Morgan fingerprint density at radius 3 is 2.43 bits per heavy atom.